The second-order valence-electron chi connectivity index (χ2n) is 5.62. The summed E-state index contributed by atoms with van der Waals surface area (Å²) in [6, 6.07) is 13.2. The summed E-state index contributed by atoms with van der Waals surface area (Å²) in [6.07, 6.45) is -3.23. The lowest BCUT2D eigenvalue weighted by molar-refractivity contribution is -0.140. The molecule has 6 heteroatoms. The number of anilines is 1. The lowest BCUT2D eigenvalue weighted by atomic mass is 10.2. The van der Waals surface area contributed by atoms with Crippen LogP contribution < -0.4 is 4.90 Å². The summed E-state index contributed by atoms with van der Waals surface area (Å²) >= 11 is 0. The first-order chi connectivity index (χ1) is 11.0. The molecule has 2 heterocycles. The van der Waals surface area contributed by atoms with Gasteiger partial charge in [0.05, 0.1) is 5.69 Å². The third-order valence-electron chi connectivity index (χ3n) is 4.02. The maximum Gasteiger partial charge on any atom is 0.435 e. The SMILES string of the molecule is FC(F)(F)c1ncccc1N1CCN(Cc2ccccc2)CC1. The molecule has 3 rings (SSSR count). The highest BCUT2D eigenvalue weighted by atomic mass is 19.4. The molecule has 0 unspecified atom stereocenters. The molecule has 1 aromatic heterocycles. The molecular formula is C17H18F3N3. The van der Waals surface area contributed by atoms with Crippen molar-refractivity contribution in [3.8, 4) is 0 Å². The van der Waals surface area contributed by atoms with Gasteiger partial charge in [-0.05, 0) is 17.7 Å². The number of hydrogen-bond donors (Lipinski definition) is 0. The molecule has 0 bridgehead atoms. The van der Waals surface area contributed by atoms with Gasteiger partial charge in [0.25, 0.3) is 0 Å². The number of rotatable bonds is 3. The highest BCUT2D eigenvalue weighted by Crippen LogP contribution is 2.35. The van der Waals surface area contributed by atoms with E-state index in [1.165, 1.54) is 17.8 Å². The molecule has 0 saturated carbocycles. The van der Waals surface area contributed by atoms with Crippen molar-refractivity contribution < 1.29 is 13.2 Å². The van der Waals surface area contributed by atoms with Crippen molar-refractivity contribution in [1.29, 1.82) is 0 Å². The minimum Gasteiger partial charge on any atom is -0.367 e. The average Bonchev–Trinajstić information content (AvgIpc) is 2.56. The summed E-state index contributed by atoms with van der Waals surface area (Å²) in [5.41, 5.74) is 0.606. The van der Waals surface area contributed by atoms with Crippen molar-refractivity contribution in [1.82, 2.24) is 9.88 Å². The van der Waals surface area contributed by atoms with E-state index in [2.05, 4.69) is 22.0 Å². The zero-order valence-corrected chi connectivity index (χ0v) is 12.6. The maximum absolute atomic E-state index is 13.1. The molecule has 0 N–H and O–H groups in total. The van der Waals surface area contributed by atoms with Crippen LogP contribution in [0.3, 0.4) is 0 Å². The molecule has 1 aliphatic heterocycles. The highest BCUT2D eigenvalue weighted by molar-refractivity contribution is 5.52. The molecule has 0 radical (unpaired) electrons. The number of hydrogen-bond acceptors (Lipinski definition) is 3. The van der Waals surface area contributed by atoms with Gasteiger partial charge in [0, 0.05) is 38.9 Å². The lowest BCUT2D eigenvalue weighted by Gasteiger charge is -2.36. The van der Waals surface area contributed by atoms with Crippen molar-refractivity contribution in [2.75, 3.05) is 31.1 Å². The summed E-state index contributed by atoms with van der Waals surface area (Å²) in [4.78, 5) is 7.57. The predicted molar refractivity (Wildman–Crippen MR) is 83.2 cm³/mol. The Labute approximate surface area is 133 Å². The minimum absolute atomic E-state index is 0.180. The average molecular weight is 321 g/mol. The van der Waals surface area contributed by atoms with Crippen LogP contribution in [0.5, 0.6) is 0 Å². The van der Waals surface area contributed by atoms with Crippen molar-refractivity contribution in [3.63, 3.8) is 0 Å². The Kier molecular flexibility index (Phi) is 4.52. The van der Waals surface area contributed by atoms with Crippen LogP contribution in [0.4, 0.5) is 18.9 Å². The normalized spacial score (nSPS) is 16.6. The Morgan fingerprint density at radius 1 is 0.913 bits per heavy atom. The molecule has 3 nitrogen and oxygen atoms in total. The summed E-state index contributed by atoms with van der Waals surface area (Å²) in [6.45, 7) is 3.44. The van der Waals surface area contributed by atoms with E-state index >= 15 is 0 Å². The summed E-state index contributed by atoms with van der Waals surface area (Å²) in [7, 11) is 0. The van der Waals surface area contributed by atoms with Gasteiger partial charge in [-0.15, -0.1) is 0 Å². The molecule has 0 spiro atoms. The van der Waals surface area contributed by atoms with Crippen LogP contribution in [-0.4, -0.2) is 36.1 Å². The Hall–Kier alpha value is -2.08. The van der Waals surface area contributed by atoms with E-state index in [0.29, 0.717) is 13.1 Å². The van der Waals surface area contributed by atoms with Gasteiger partial charge in [-0.25, -0.2) is 4.98 Å². The second-order valence-corrected chi connectivity index (χ2v) is 5.62. The standard InChI is InChI=1S/C17H18F3N3/c18-17(19,20)16-15(7-4-8-21-16)23-11-9-22(10-12-23)13-14-5-2-1-3-6-14/h1-8H,9-13H2. The van der Waals surface area contributed by atoms with Crippen LogP contribution in [0, 0.1) is 0 Å². The van der Waals surface area contributed by atoms with Crippen molar-refractivity contribution in [2.45, 2.75) is 12.7 Å². The Morgan fingerprint density at radius 3 is 2.26 bits per heavy atom. The summed E-state index contributed by atoms with van der Waals surface area (Å²) < 4.78 is 39.2. The molecule has 1 aliphatic rings. The third-order valence-corrected chi connectivity index (χ3v) is 4.02. The van der Waals surface area contributed by atoms with Crippen molar-refractivity contribution in [2.24, 2.45) is 0 Å². The fourth-order valence-corrected chi connectivity index (χ4v) is 2.86. The Morgan fingerprint density at radius 2 is 1.61 bits per heavy atom. The number of pyridine rings is 1. The van der Waals surface area contributed by atoms with E-state index in [9.17, 15) is 13.2 Å². The van der Waals surface area contributed by atoms with Gasteiger partial charge in [-0.1, -0.05) is 30.3 Å². The molecule has 0 aliphatic carbocycles. The molecule has 1 saturated heterocycles. The number of piperazine rings is 1. The number of benzene rings is 1. The van der Waals surface area contributed by atoms with Crippen LogP contribution in [0.15, 0.2) is 48.7 Å². The van der Waals surface area contributed by atoms with Crippen LogP contribution in [0.1, 0.15) is 11.3 Å². The molecule has 0 amide bonds. The summed E-state index contributed by atoms with van der Waals surface area (Å²) in [5, 5.41) is 0. The van der Waals surface area contributed by atoms with Crippen LogP contribution in [0.2, 0.25) is 0 Å². The van der Waals surface area contributed by atoms with E-state index in [4.69, 9.17) is 0 Å². The van der Waals surface area contributed by atoms with E-state index in [1.54, 1.807) is 11.0 Å². The van der Waals surface area contributed by atoms with Gasteiger partial charge in [-0.2, -0.15) is 13.2 Å². The highest BCUT2D eigenvalue weighted by Gasteiger charge is 2.37. The fourth-order valence-electron chi connectivity index (χ4n) is 2.86. The van der Waals surface area contributed by atoms with E-state index in [0.717, 1.165) is 19.6 Å². The van der Waals surface area contributed by atoms with Crippen molar-refractivity contribution in [3.05, 3.63) is 59.9 Å². The third kappa shape index (κ3) is 3.82. The molecule has 0 atom stereocenters. The first-order valence-electron chi connectivity index (χ1n) is 7.57. The smallest absolute Gasteiger partial charge is 0.367 e. The van der Waals surface area contributed by atoms with Gasteiger partial charge in [0.2, 0.25) is 0 Å². The first-order valence-corrected chi connectivity index (χ1v) is 7.57. The molecule has 1 aromatic carbocycles. The fraction of sp³-hybridized carbons (Fsp3) is 0.353. The zero-order valence-electron chi connectivity index (χ0n) is 12.6. The maximum atomic E-state index is 13.1. The van der Waals surface area contributed by atoms with Crippen molar-refractivity contribution >= 4 is 5.69 Å². The quantitative estimate of drug-likeness (QED) is 0.863. The van der Waals surface area contributed by atoms with Gasteiger partial charge in [0.1, 0.15) is 0 Å². The van der Waals surface area contributed by atoms with Gasteiger partial charge >= 0.3 is 6.18 Å². The van der Waals surface area contributed by atoms with Gasteiger partial charge in [-0.3, -0.25) is 4.90 Å². The lowest BCUT2D eigenvalue weighted by Crippen LogP contribution is -2.46. The molecule has 1 fully saturated rings. The van der Waals surface area contributed by atoms with Crippen LogP contribution >= 0.6 is 0 Å². The predicted octanol–water partition coefficient (Wildman–Crippen LogP) is 3.42. The second kappa shape index (κ2) is 6.58. The Bertz CT molecular complexity index is 635. The van der Waals surface area contributed by atoms with Gasteiger partial charge in [0.15, 0.2) is 5.69 Å². The number of alkyl halides is 3. The minimum atomic E-state index is -4.42. The van der Waals surface area contributed by atoms with Crippen LogP contribution in [0.25, 0.3) is 0 Å². The number of halogens is 3. The van der Waals surface area contributed by atoms with E-state index < -0.39 is 11.9 Å². The largest absolute Gasteiger partial charge is 0.435 e. The van der Waals surface area contributed by atoms with E-state index in [1.807, 2.05) is 18.2 Å². The molecule has 2 aromatic rings. The molecule has 23 heavy (non-hydrogen) atoms. The zero-order chi connectivity index (χ0) is 16.3. The first kappa shape index (κ1) is 15.8. The molecular weight excluding hydrogens is 303 g/mol. The molecule has 122 valence electrons. The van der Waals surface area contributed by atoms with E-state index in [-0.39, 0.29) is 5.69 Å². The Balaban J connectivity index is 1.66. The monoisotopic (exact) mass is 321 g/mol. The summed E-state index contributed by atoms with van der Waals surface area (Å²) in [5.74, 6) is 0. The van der Waals surface area contributed by atoms with Gasteiger partial charge < -0.3 is 4.90 Å². The number of aromatic nitrogens is 1. The number of nitrogens with zero attached hydrogens (tertiary/aromatic N) is 3. The van der Waals surface area contributed by atoms with Crippen LogP contribution in [-0.2, 0) is 12.7 Å². The topological polar surface area (TPSA) is 19.4 Å².